The molecule has 1 aromatic heterocycles. The lowest BCUT2D eigenvalue weighted by Crippen LogP contribution is -2.32. The number of halogens is 1. The second-order valence-electron chi connectivity index (χ2n) is 6.49. The maximum Gasteiger partial charge on any atom is 0.274 e. The average molecular weight is 394 g/mol. The van der Waals surface area contributed by atoms with Gasteiger partial charge in [-0.3, -0.25) is 4.79 Å². The molecule has 6 nitrogen and oxygen atoms in total. The van der Waals surface area contributed by atoms with Crippen molar-refractivity contribution in [1.82, 2.24) is 4.98 Å². The molecule has 1 N–H and O–H groups in total. The van der Waals surface area contributed by atoms with Crippen LogP contribution in [0.5, 0.6) is 0 Å². The summed E-state index contributed by atoms with van der Waals surface area (Å²) in [5.74, 6) is 0.0390. The molecule has 1 amide bonds. The number of nitrogens with zero attached hydrogens (tertiary/aromatic N) is 2. The molecule has 1 unspecified atom stereocenters. The lowest BCUT2D eigenvalue weighted by atomic mass is 10.2. The van der Waals surface area contributed by atoms with E-state index in [-0.39, 0.29) is 29.1 Å². The second-order valence-corrected chi connectivity index (χ2v) is 9.12. The maximum absolute atomic E-state index is 12.3. The Morgan fingerprint density at radius 3 is 2.65 bits per heavy atom. The van der Waals surface area contributed by atoms with E-state index in [2.05, 4.69) is 10.3 Å². The number of anilines is 2. The SMILES string of the molecule is Cc1ccc(NC(=O)c2ccc(N(C)C3CCS(=O)(=O)C3)cn2)cc1Cl. The van der Waals surface area contributed by atoms with Gasteiger partial charge in [-0.1, -0.05) is 17.7 Å². The quantitative estimate of drug-likeness (QED) is 0.863. The standard InChI is InChI=1S/C18H20ClN3O3S/c1-12-3-4-13(9-16(12)19)21-18(23)17-6-5-14(10-20-17)22(2)15-7-8-26(24,25)11-15/h3-6,9-10,15H,7-8,11H2,1-2H3,(H,21,23). The third-order valence-corrected chi connectivity index (χ3v) is 6.73. The molecule has 8 heteroatoms. The number of hydrogen-bond donors (Lipinski definition) is 1. The molecule has 1 aliphatic rings. The van der Waals surface area contributed by atoms with Gasteiger partial charge in [0, 0.05) is 23.8 Å². The molecular formula is C18H20ClN3O3S. The smallest absolute Gasteiger partial charge is 0.274 e. The molecule has 0 aliphatic carbocycles. The maximum atomic E-state index is 12.3. The van der Waals surface area contributed by atoms with Crippen molar-refractivity contribution in [3.63, 3.8) is 0 Å². The van der Waals surface area contributed by atoms with Crippen LogP contribution in [0.15, 0.2) is 36.5 Å². The predicted octanol–water partition coefficient (Wildman–Crippen LogP) is 2.92. The van der Waals surface area contributed by atoms with Gasteiger partial charge < -0.3 is 10.2 Å². The zero-order valence-corrected chi connectivity index (χ0v) is 16.1. The highest BCUT2D eigenvalue weighted by atomic mass is 35.5. The number of aryl methyl sites for hydroxylation is 1. The van der Waals surface area contributed by atoms with Gasteiger partial charge in [0.15, 0.2) is 9.84 Å². The molecule has 0 radical (unpaired) electrons. The van der Waals surface area contributed by atoms with E-state index in [0.29, 0.717) is 17.1 Å². The Morgan fingerprint density at radius 1 is 1.31 bits per heavy atom. The first-order chi connectivity index (χ1) is 12.2. The van der Waals surface area contributed by atoms with Crippen molar-refractivity contribution in [3.05, 3.63) is 52.8 Å². The summed E-state index contributed by atoms with van der Waals surface area (Å²) in [6.07, 6.45) is 2.19. The zero-order chi connectivity index (χ0) is 18.9. The molecular weight excluding hydrogens is 374 g/mol. The molecule has 0 saturated carbocycles. The van der Waals surface area contributed by atoms with E-state index < -0.39 is 9.84 Å². The number of nitrogens with one attached hydrogen (secondary N) is 1. The number of amides is 1. The molecule has 1 atom stereocenters. The minimum atomic E-state index is -2.95. The van der Waals surface area contributed by atoms with E-state index in [0.717, 1.165) is 11.3 Å². The highest BCUT2D eigenvalue weighted by Gasteiger charge is 2.30. The van der Waals surface area contributed by atoms with Crippen LogP contribution in [0.2, 0.25) is 5.02 Å². The predicted molar refractivity (Wildman–Crippen MR) is 104 cm³/mol. The van der Waals surface area contributed by atoms with Crippen LogP contribution in [0.3, 0.4) is 0 Å². The fourth-order valence-corrected chi connectivity index (χ4v) is 4.84. The van der Waals surface area contributed by atoms with E-state index in [1.165, 1.54) is 0 Å². The number of aromatic nitrogens is 1. The molecule has 1 fully saturated rings. The van der Waals surface area contributed by atoms with Gasteiger partial charge in [-0.25, -0.2) is 13.4 Å². The van der Waals surface area contributed by atoms with Crippen molar-refractivity contribution in [2.45, 2.75) is 19.4 Å². The third kappa shape index (κ3) is 4.16. The number of pyridine rings is 1. The summed E-state index contributed by atoms with van der Waals surface area (Å²) in [6.45, 7) is 1.89. The lowest BCUT2D eigenvalue weighted by Gasteiger charge is -2.25. The lowest BCUT2D eigenvalue weighted by molar-refractivity contribution is 0.102. The Hall–Kier alpha value is -2.12. The van der Waals surface area contributed by atoms with Crippen LogP contribution < -0.4 is 10.2 Å². The summed E-state index contributed by atoms with van der Waals surface area (Å²) in [5, 5.41) is 3.34. The Bertz CT molecular complexity index is 929. The van der Waals surface area contributed by atoms with Gasteiger partial charge in [0.2, 0.25) is 0 Å². The Kier molecular flexibility index (Phi) is 5.20. The van der Waals surface area contributed by atoms with Crippen LogP contribution in [0.1, 0.15) is 22.5 Å². The van der Waals surface area contributed by atoms with Gasteiger partial charge in [-0.05, 0) is 43.2 Å². The molecule has 2 heterocycles. The van der Waals surface area contributed by atoms with E-state index in [1.807, 2.05) is 24.9 Å². The van der Waals surface area contributed by atoms with Crippen LogP contribution in [0.4, 0.5) is 11.4 Å². The molecule has 1 aliphatic heterocycles. The van der Waals surface area contributed by atoms with Crippen molar-refractivity contribution in [2.24, 2.45) is 0 Å². The van der Waals surface area contributed by atoms with Gasteiger partial charge in [0.05, 0.1) is 23.4 Å². The third-order valence-electron chi connectivity index (χ3n) is 4.57. The summed E-state index contributed by atoms with van der Waals surface area (Å²) in [4.78, 5) is 18.4. The fraction of sp³-hybridized carbons (Fsp3) is 0.333. The highest BCUT2D eigenvalue weighted by molar-refractivity contribution is 7.91. The zero-order valence-electron chi connectivity index (χ0n) is 14.6. The normalized spacial score (nSPS) is 18.5. The van der Waals surface area contributed by atoms with Crippen molar-refractivity contribution in [1.29, 1.82) is 0 Å². The first-order valence-electron chi connectivity index (χ1n) is 8.22. The van der Waals surface area contributed by atoms with Gasteiger partial charge in [-0.2, -0.15) is 0 Å². The summed E-state index contributed by atoms with van der Waals surface area (Å²) in [6, 6.07) is 8.64. The topological polar surface area (TPSA) is 79.4 Å². The second kappa shape index (κ2) is 7.25. The van der Waals surface area contributed by atoms with E-state index >= 15 is 0 Å². The Labute approximate surface area is 158 Å². The summed E-state index contributed by atoms with van der Waals surface area (Å²) < 4.78 is 23.3. The first-order valence-corrected chi connectivity index (χ1v) is 10.4. The number of sulfone groups is 1. The van der Waals surface area contributed by atoms with E-state index in [9.17, 15) is 13.2 Å². The molecule has 3 rings (SSSR count). The van der Waals surface area contributed by atoms with Crippen molar-refractivity contribution >= 4 is 38.7 Å². The molecule has 2 aromatic rings. The Morgan fingerprint density at radius 2 is 2.08 bits per heavy atom. The molecule has 138 valence electrons. The van der Waals surface area contributed by atoms with Gasteiger partial charge in [-0.15, -0.1) is 0 Å². The van der Waals surface area contributed by atoms with Crippen LogP contribution in [0, 0.1) is 6.92 Å². The van der Waals surface area contributed by atoms with E-state index in [1.54, 1.807) is 30.5 Å². The van der Waals surface area contributed by atoms with Gasteiger partial charge in [0.25, 0.3) is 5.91 Å². The minimum Gasteiger partial charge on any atom is -0.369 e. The average Bonchev–Trinajstić information content (AvgIpc) is 2.97. The highest BCUT2D eigenvalue weighted by Crippen LogP contribution is 2.23. The number of hydrogen-bond acceptors (Lipinski definition) is 5. The monoisotopic (exact) mass is 393 g/mol. The van der Waals surface area contributed by atoms with Crippen molar-refractivity contribution < 1.29 is 13.2 Å². The van der Waals surface area contributed by atoms with Crippen LogP contribution in [0.25, 0.3) is 0 Å². The molecule has 1 saturated heterocycles. The van der Waals surface area contributed by atoms with Crippen LogP contribution >= 0.6 is 11.6 Å². The van der Waals surface area contributed by atoms with Crippen molar-refractivity contribution in [2.75, 3.05) is 28.8 Å². The summed E-state index contributed by atoms with van der Waals surface area (Å²) in [5.41, 5.74) is 2.59. The molecule has 0 spiro atoms. The Balaban J connectivity index is 1.68. The number of carbonyl (C=O) groups is 1. The minimum absolute atomic E-state index is 0.0591. The summed E-state index contributed by atoms with van der Waals surface area (Å²) >= 11 is 6.07. The number of benzene rings is 1. The molecule has 1 aromatic carbocycles. The van der Waals surface area contributed by atoms with Gasteiger partial charge in [0.1, 0.15) is 5.69 Å². The number of rotatable bonds is 4. The summed E-state index contributed by atoms with van der Waals surface area (Å²) in [7, 11) is -1.10. The van der Waals surface area contributed by atoms with Crippen LogP contribution in [-0.2, 0) is 9.84 Å². The number of carbonyl (C=O) groups excluding carboxylic acids is 1. The first kappa shape index (κ1) is 18.7. The van der Waals surface area contributed by atoms with Gasteiger partial charge >= 0.3 is 0 Å². The molecule has 0 bridgehead atoms. The van der Waals surface area contributed by atoms with E-state index in [4.69, 9.17) is 11.6 Å². The largest absolute Gasteiger partial charge is 0.369 e. The van der Waals surface area contributed by atoms with Crippen molar-refractivity contribution in [3.8, 4) is 0 Å². The fourth-order valence-electron chi connectivity index (χ4n) is 2.89. The van der Waals surface area contributed by atoms with Crippen LogP contribution in [-0.4, -0.2) is 43.9 Å². The molecule has 26 heavy (non-hydrogen) atoms.